The molecular weight excluding hydrogens is 226 g/mol. The summed E-state index contributed by atoms with van der Waals surface area (Å²) in [6, 6.07) is 0.757. The molecule has 0 spiro atoms. The average Bonchev–Trinajstić information content (AvgIpc) is 2.92. The molecule has 1 N–H and O–H groups in total. The molecular formula is C14H23N3O. The van der Waals surface area contributed by atoms with Gasteiger partial charge in [0.05, 0.1) is 0 Å². The Morgan fingerprint density at radius 1 is 1.28 bits per heavy atom. The summed E-state index contributed by atoms with van der Waals surface area (Å²) in [4.78, 5) is 4.56. The molecule has 1 heterocycles. The zero-order chi connectivity index (χ0) is 12.4. The third-order valence-corrected chi connectivity index (χ3v) is 4.32. The zero-order valence-corrected chi connectivity index (χ0v) is 11.2. The minimum atomic E-state index is 0.545. The van der Waals surface area contributed by atoms with E-state index in [0.717, 1.165) is 36.6 Å². The lowest BCUT2D eigenvalue weighted by Crippen LogP contribution is -2.19. The SMILES string of the molecule is CCC1CCC(c2noc(CCNC3CC3)n2)C1. The molecule has 4 nitrogen and oxygen atoms in total. The summed E-state index contributed by atoms with van der Waals surface area (Å²) >= 11 is 0. The molecule has 0 aromatic carbocycles. The molecule has 1 aromatic heterocycles. The Balaban J connectivity index is 1.49. The second-order valence-electron chi connectivity index (χ2n) is 5.81. The van der Waals surface area contributed by atoms with Gasteiger partial charge in [-0.25, -0.2) is 0 Å². The van der Waals surface area contributed by atoms with Crippen LogP contribution >= 0.6 is 0 Å². The van der Waals surface area contributed by atoms with Crippen molar-refractivity contribution >= 4 is 0 Å². The van der Waals surface area contributed by atoms with Gasteiger partial charge in [0.15, 0.2) is 5.82 Å². The van der Waals surface area contributed by atoms with Gasteiger partial charge in [0.2, 0.25) is 5.89 Å². The summed E-state index contributed by atoms with van der Waals surface area (Å²) in [5.41, 5.74) is 0. The average molecular weight is 249 g/mol. The summed E-state index contributed by atoms with van der Waals surface area (Å²) in [5.74, 6) is 3.17. The molecule has 2 atom stereocenters. The van der Waals surface area contributed by atoms with Crippen molar-refractivity contribution < 1.29 is 4.52 Å². The number of hydrogen-bond donors (Lipinski definition) is 1. The molecule has 100 valence electrons. The topological polar surface area (TPSA) is 51.0 Å². The van der Waals surface area contributed by atoms with E-state index >= 15 is 0 Å². The van der Waals surface area contributed by atoms with Gasteiger partial charge in [-0.15, -0.1) is 0 Å². The van der Waals surface area contributed by atoms with Gasteiger partial charge in [-0.2, -0.15) is 4.98 Å². The number of nitrogens with one attached hydrogen (secondary N) is 1. The lowest BCUT2D eigenvalue weighted by atomic mass is 10.0. The summed E-state index contributed by atoms with van der Waals surface area (Å²) < 4.78 is 5.35. The first kappa shape index (κ1) is 12.2. The predicted octanol–water partition coefficient (Wildman–Crippen LogP) is 2.66. The van der Waals surface area contributed by atoms with Crippen molar-refractivity contribution in [1.82, 2.24) is 15.5 Å². The molecule has 2 aliphatic carbocycles. The van der Waals surface area contributed by atoms with Gasteiger partial charge < -0.3 is 9.84 Å². The van der Waals surface area contributed by atoms with Crippen LogP contribution in [0.25, 0.3) is 0 Å². The lowest BCUT2D eigenvalue weighted by Gasteiger charge is -2.04. The largest absolute Gasteiger partial charge is 0.339 e. The van der Waals surface area contributed by atoms with Gasteiger partial charge in [0.25, 0.3) is 0 Å². The molecule has 0 radical (unpaired) electrons. The van der Waals surface area contributed by atoms with Crippen LogP contribution < -0.4 is 5.32 Å². The normalized spacial score (nSPS) is 27.8. The Labute approximate surface area is 109 Å². The van der Waals surface area contributed by atoms with Crippen molar-refractivity contribution in [3.63, 3.8) is 0 Å². The summed E-state index contributed by atoms with van der Waals surface area (Å²) in [6.07, 6.45) is 8.62. The van der Waals surface area contributed by atoms with E-state index in [1.165, 1.54) is 38.5 Å². The van der Waals surface area contributed by atoms with Crippen molar-refractivity contribution in [2.24, 2.45) is 5.92 Å². The van der Waals surface area contributed by atoms with Crippen molar-refractivity contribution in [3.8, 4) is 0 Å². The molecule has 1 aromatic rings. The molecule has 2 unspecified atom stereocenters. The highest BCUT2D eigenvalue weighted by Gasteiger charge is 2.28. The van der Waals surface area contributed by atoms with Crippen molar-refractivity contribution in [2.45, 2.75) is 63.8 Å². The first-order valence-electron chi connectivity index (χ1n) is 7.41. The van der Waals surface area contributed by atoms with E-state index in [2.05, 4.69) is 22.4 Å². The molecule has 0 saturated heterocycles. The zero-order valence-electron chi connectivity index (χ0n) is 11.2. The highest BCUT2D eigenvalue weighted by atomic mass is 16.5. The number of nitrogens with zero attached hydrogens (tertiary/aromatic N) is 2. The van der Waals surface area contributed by atoms with Crippen LogP contribution in [0.1, 0.15) is 63.1 Å². The second-order valence-corrected chi connectivity index (χ2v) is 5.81. The first-order chi connectivity index (χ1) is 8.85. The Kier molecular flexibility index (Phi) is 3.64. The predicted molar refractivity (Wildman–Crippen MR) is 69.4 cm³/mol. The molecule has 2 fully saturated rings. The maximum absolute atomic E-state index is 5.35. The number of rotatable bonds is 6. The molecule has 4 heteroatoms. The summed E-state index contributed by atoms with van der Waals surface area (Å²) in [7, 11) is 0. The number of hydrogen-bond acceptors (Lipinski definition) is 4. The van der Waals surface area contributed by atoms with E-state index in [4.69, 9.17) is 4.52 Å². The minimum Gasteiger partial charge on any atom is -0.339 e. The van der Waals surface area contributed by atoms with Crippen LogP contribution in [0.4, 0.5) is 0 Å². The smallest absolute Gasteiger partial charge is 0.227 e. The maximum atomic E-state index is 5.35. The Hall–Kier alpha value is -0.900. The Morgan fingerprint density at radius 3 is 2.89 bits per heavy atom. The number of aromatic nitrogens is 2. The van der Waals surface area contributed by atoms with Gasteiger partial charge in [0, 0.05) is 24.9 Å². The van der Waals surface area contributed by atoms with Crippen LogP contribution in [0.5, 0.6) is 0 Å². The van der Waals surface area contributed by atoms with E-state index < -0.39 is 0 Å². The van der Waals surface area contributed by atoms with Gasteiger partial charge in [-0.05, 0) is 38.0 Å². The van der Waals surface area contributed by atoms with Crippen LogP contribution in [-0.4, -0.2) is 22.7 Å². The fourth-order valence-corrected chi connectivity index (χ4v) is 2.89. The van der Waals surface area contributed by atoms with Crippen LogP contribution in [0.2, 0.25) is 0 Å². The van der Waals surface area contributed by atoms with Crippen molar-refractivity contribution in [3.05, 3.63) is 11.7 Å². The molecule has 0 aliphatic heterocycles. The van der Waals surface area contributed by atoms with Gasteiger partial charge in [-0.3, -0.25) is 0 Å². The van der Waals surface area contributed by atoms with E-state index in [1.54, 1.807) is 0 Å². The fourth-order valence-electron chi connectivity index (χ4n) is 2.89. The van der Waals surface area contributed by atoms with Gasteiger partial charge in [-0.1, -0.05) is 18.5 Å². The molecule has 2 aliphatic rings. The van der Waals surface area contributed by atoms with E-state index in [0.29, 0.717) is 5.92 Å². The highest BCUT2D eigenvalue weighted by Crippen LogP contribution is 2.38. The van der Waals surface area contributed by atoms with Crippen LogP contribution in [0.3, 0.4) is 0 Å². The van der Waals surface area contributed by atoms with E-state index in [-0.39, 0.29) is 0 Å². The van der Waals surface area contributed by atoms with E-state index in [9.17, 15) is 0 Å². The summed E-state index contributed by atoms with van der Waals surface area (Å²) in [5, 5.41) is 7.64. The minimum absolute atomic E-state index is 0.545. The van der Waals surface area contributed by atoms with Crippen LogP contribution in [-0.2, 0) is 6.42 Å². The second kappa shape index (κ2) is 5.39. The lowest BCUT2D eigenvalue weighted by molar-refractivity contribution is 0.366. The van der Waals surface area contributed by atoms with Crippen LogP contribution in [0, 0.1) is 5.92 Å². The Morgan fingerprint density at radius 2 is 2.17 bits per heavy atom. The third kappa shape index (κ3) is 2.91. The standard InChI is InChI=1S/C14H23N3O/c1-2-10-3-4-11(9-10)14-16-13(18-17-14)7-8-15-12-5-6-12/h10-12,15H,2-9H2,1H3. The molecule has 0 bridgehead atoms. The monoisotopic (exact) mass is 249 g/mol. The molecule has 0 amide bonds. The van der Waals surface area contributed by atoms with Crippen LogP contribution in [0.15, 0.2) is 4.52 Å². The van der Waals surface area contributed by atoms with Crippen molar-refractivity contribution in [2.75, 3.05) is 6.54 Å². The van der Waals surface area contributed by atoms with Gasteiger partial charge >= 0.3 is 0 Å². The van der Waals surface area contributed by atoms with Gasteiger partial charge in [0.1, 0.15) is 0 Å². The third-order valence-electron chi connectivity index (χ3n) is 4.32. The quantitative estimate of drug-likeness (QED) is 0.842. The summed E-state index contributed by atoms with van der Waals surface area (Å²) in [6.45, 7) is 3.24. The first-order valence-corrected chi connectivity index (χ1v) is 7.41. The molecule has 18 heavy (non-hydrogen) atoms. The molecule has 3 rings (SSSR count). The highest BCUT2D eigenvalue weighted by molar-refractivity contribution is 4.99. The maximum Gasteiger partial charge on any atom is 0.227 e. The van der Waals surface area contributed by atoms with E-state index in [1.807, 2.05) is 0 Å². The Bertz CT molecular complexity index is 386. The fraction of sp³-hybridized carbons (Fsp3) is 0.857. The molecule has 2 saturated carbocycles. The van der Waals surface area contributed by atoms with Crippen molar-refractivity contribution in [1.29, 1.82) is 0 Å².